The van der Waals surface area contributed by atoms with Gasteiger partial charge in [0.25, 0.3) is 0 Å². The lowest BCUT2D eigenvalue weighted by atomic mass is 9.94. The first-order chi connectivity index (χ1) is 39.0. The minimum absolute atomic E-state index is 0.395. The molecule has 0 saturated heterocycles. The van der Waals surface area contributed by atoms with Crippen molar-refractivity contribution in [2.75, 3.05) is 0 Å². The molecule has 0 spiro atoms. The molecule has 0 atom stereocenters. The van der Waals surface area contributed by atoms with Gasteiger partial charge in [-0.15, -0.1) is 11.3 Å². The highest BCUT2D eigenvalue weighted by Crippen LogP contribution is 2.44. The number of nitrogens with zero attached hydrogens (tertiary/aromatic N) is 6. The average Bonchev–Trinajstić information content (AvgIpc) is 4.40. The molecule has 0 amide bonds. The van der Waals surface area contributed by atoms with Crippen LogP contribution in [-0.2, 0) is 6.67 Å². The van der Waals surface area contributed by atoms with E-state index in [4.69, 9.17) is 25.7 Å². The molecule has 0 fully saturated rings. The molecule has 2 N–H and O–H groups in total. The summed E-state index contributed by atoms with van der Waals surface area (Å²) in [5.41, 5.74) is 21.4. The van der Waals surface area contributed by atoms with E-state index < -0.39 is 0 Å². The van der Waals surface area contributed by atoms with E-state index in [1.807, 2.05) is 92.7 Å². The van der Waals surface area contributed by atoms with Crippen molar-refractivity contribution in [3.8, 4) is 50.3 Å². The largest absolute Gasteiger partial charge is 0.398 e. The molecule has 13 aromatic rings. The lowest BCUT2D eigenvalue weighted by Gasteiger charge is -2.17. The van der Waals surface area contributed by atoms with Crippen LogP contribution in [0, 0.1) is 0 Å². The van der Waals surface area contributed by atoms with E-state index in [9.17, 15) is 0 Å². The van der Waals surface area contributed by atoms with Crippen molar-refractivity contribution in [3.05, 3.63) is 272 Å². The zero-order valence-electron chi connectivity index (χ0n) is 44.0. The Labute approximate surface area is 463 Å². The maximum absolute atomic E-state index is 7.19. The van der Waals surface area contributed by atoms with E-state index in [2.05, 4.69) is 180 Å². The minimum Gasteiger partial charge on any atom is -0.398 e. The van der Waals surface area contributed by atoms with E-state index in [1.165, 1.54) is 26.6 Å². The molecule has 0 unspecified atom stereocenters. The highest BCUT2D eigenvalue weighted by atomic mass is 32.1. The molecule has 0 radical (unpaired) electrons. The summed E-state index contributed by atoms with van der Waals surface area (Å²) in [5.74, 6) is 1.79. The number of aliphatic imine (C=N–C) groups is 1. The minimum atomic E-state index is 0.395. The van der Waals surface area contributed by atoms with Gasteiger partial charge in [0.05, 0.1) is 27.8 Å². The predicted octanol–water partition coefficient (Wildman–Crippen LogP) is 18.3. The van der Waals surface area contributed by atoms with E-state index in [0.29, 0.717) is 30.0 Å². The fraction of sp³-hybridized carbons (Fsp3) is 0.0423. The van der Waals surface area contributed by atoms with Gasteiger partial charge in [-0.05, 0) is 87.1 Å². The number of hydrogen-bond acceptors (Lipinski definition) is 6. The molecule has 0 saturated carbocycles. The van der Waals surface area contributed by atoms with E-state index in [-0.39, 0.29) is 0 Å². The summed E-state index contributed by atoms with van der Waals surface area (Å²) >= 11 is 1.76. The van der Waals surface area contributed by atoms with Crippen molar-refractivity contribution < 1.29 is 0 Å². The van der Waals surface area contributed by atoms with Crippen LogP contribution in [0.1, 0.15) is 29.9 Å². The smallest absolute Gasteiger partial charge is 0.238 e. The molecule has 1 aliphatic rings. The van der Waals surface area contributed by atoms with Crippen molar-refractivity contribution in [1.82, 2.24) is 24.1 Å². The maximum atomic E-state index is 7.19. The van der Waals surface area contributed by atoms with Gasteiger partial charge in [-0.1, -0.05) is 227 Å². The van der Waals surface area contributed by atoms with Crippen LogP contribution >= 0.6 is 11.3 Å². The lowest BCUT2D eigenvalue weighted by Crippen LogP contribution is -2.11. The van der Waals surface area contributed by atoms with Gasteiger partial charge in [0.2, 0.25) is 5.95 Å². The number of hydrogen-bond donors (Lipinski definition) is 1. The van der Waals surface area contributed by atoms with Gasteiger partial charge in [0.1, 0.15) is 6.67 Å². The molecular weight excluding hydrogens is 983 g/mol. The van der Waals surface area contributed by atoms with Gasteiger partial charge < -0.3 is 10.3 Å². The van der Waals surface area contributed by atoms with Crippen LogP contribution in [0.3, 0.4) is 0 Å². The van der Waals surface area contributed by atoms with Crippen molar-refractivity contribution in [2.45, 2.75) is 20.5 Å². The second kappa shape index (κ2) is 21.9. The van der Waals surface area contributed by atoms with Crippen molar-refractivity contribution >= 4 is 88.8 Å². The second-order valence-corrected chi connectivity index (χ2v) is 19.9. The molecule has 8 heteroatoms. The van der Waals surface area contributed by atoms with Gasteiger partial charge in [-0.3, -0.25) is 9.56 Å². The Balaban J connectivity index is 0.000000996. The molecule has 1 aliphatic carbocycles. The third-order valence-electron chi connectivity index (χ3n) is 14.3. The molecule has 79 heavy (non-hydrogen) atoms. The molecule has 7 nitrogen and oxygen atoms in total. The van der Waals surface area contributed by atoms with Gasteiger partial charge in [-0.25, -0.2) is 4.98 Å². The number of nitrogens with two attached hydrogens (primary N) is 1. The molecule has 0 aliphatic heterocycles. The average molecular weight is 1040 g/mol. The lowest BCUT2D eigenvalue weighted by molar-refractivity contribution is 0.794. The first kappa shape index (κ1) is 49.8. The summed E-state index contributed by atoms with van der Waals surface area (Å²) in [5, 5.41) is 6.88. The van der Waals surface area contributed by atoms with E-state index in [0.717, 1.165) is 87.8 Å². The second-order valence-electron chi connectivity index (χ2n) is 18.8. The highest BCUT2D eigenvalue weighted by Gasteiger charge is 2.25. The Morgan fingerprint density at radius 1 is 0.519 bits per heavy atom. The van der Waals surface area contributed by atoms with E-state index in [1.54, 1.807) is 23.5 Å². The van der Waals surface area contributed by atoms with Crippen LogP contribution in [0.4, 0.5) is 0 Å². The SMILES string of the molecule is C=CC=C.CC.N/C(=C1\C(=N/Cn2c3ccccc3c3c(-c4ccc5c(c4)c4cc6ccccc6cc4n5-c4nc(-c5ccccc5)nc(-c5ccccc5)n4)cccc32)C=Cc2cc(-c3ccccc3)sc21)c1ccccc1. The van der Waals surface area contributed by atoms with E-state index >= 15 is 0 Å². The summed E-state index contributed by atoms with van der Waals surface area (Å²) in [4.78, 5) is 23.3. The Hall–Kier alpha value is -10.0. The first-order valence-corrected chi connectivity index (χ1v) is 27.4. The fourth-order valence-corrected chi connectivity index (χ4v) is 11.8. The number of rotatable bonds is 9. The summed E-state index contributed by atoms with van der Waals surface area (Å²) < 4.78 is 4.55. The molecule has 4 heterocycles. The summed E-state index contributed by atoms with van der Waals surface area (Å²) in [6.45, 7) is 11.1. The Kier molecular flexibility index (Phi) is 13.8. The first-order valence-electron chi connectivity index (χ1n) is 26.6. The Bertz CT molecular complexity index is 4440. The topological polar surface area (TPSA) is 86.9 Å². The van der Waals surface area contributed by atoms with Gasteiger partial charge in [0, 0.05) is 53.7 Å². The number of fused-ring (bicyclic) bond motifs is 8. The number of para-hydroxylation sites is 1. The van der Waals surface area contributed by atoms with Crippen LogP contribution in [0.2, 0.25) is 0 Å². The highest BCUT2D eigenvalue weighted by molar-refractivity contribution is 7.17. The molecular formula is C71H55N7S. The van der Waals surface area contributed by atoms with Crippen LogP contribution in [0.15, 0.2) is 261 Å². The zero-order valence-corrected chi connectivity index (χ0v) is 44.8. The van der Waals surface area contributed by atoms with Gasteiger partial charge in [0.15, 0.2) is 11.6 Å². The van der Waals surface area contributed by atoms with Crippen molar-refractivity contribution in [2.24, 2.45) is 10.7 Å². The van der Waals surface area contributed by atoms with Gasteiger partial charge in [-0.2, -0.15) is 9.97 Å². The Morgan fingerprint density at radius 3 is 1.77 bits per heavy atom. The fourth-order valence-electron chi connectivity index (χ4n) is 10.6. The van der Waals surface area contributed by atoms with Crippen LogP contribution in [0.25, 0.3) is 122 Å². The monoisotopic (exact) mass is 1040 g/mol. The molecule has 4 aromatic heterocycles. The number of benzene rings is 9. The van der Waals surface area contributed by atoms with Crippen LogP contribution in [-0.4, -0.2) is 29.8 Å². The van der Waals surface area contributed by atoms with Crippen LogP contribution in [0.5, 0.6) is 0 Å². The van der Waals surface area contributed by atoms with Crippen molar-refractivity contribution in [3.63, 3.8) is 0 Å². The standard InChI is InChI=1S/C65H43N7S.C4H6.C2H6/c66-61(42-20-7-2-8-21-42)60-53(34-32-48-39-58(73-62(48)60)41-18-5-1-6-19-41)67-40-71-54-30-16-15-28-50(54)59-49(29-17-31-56(59)71)47-33-35-55-51(37-47)52-36-45-26-13-14-27-46(45)38-57(52)72(55)65-69-63(43-22-9-3-10-23-43)68-64(70-65)44-24-11-4-12-25-44;1-3-4-2;1-2/h1-39H,40,66H2;3-4H,1-2H2;1-2H3/b61-60+,67-53-;;. The molecule has 0 bridgehead atoms. The van der Waals surface area contributed by atoms with Crippen molar-refractivity contribution in [1.29, 1.82) is 0 Å². The quantitative estimate of drug-likeness (QED) is 0.146. The molecule has 380 valence electrons. The summed E-state index contributed by atoms with van der Waals surface area (Å²) in [6.07, 6.45) is 7.59. The Morgan fingerprint density at radius 2 is 1.10 bits per heavy atom. The maximum Gasteiger partial charge on any atom is 0.238 e. The molecule has 14 rings (SSSR count). The predicted molar refractivity (Wildman–Crippen MR) is 336 cm³/mol. The summed E-state index contributed by atoms with van der Waals surface area (Å²) in [6, 6.07) is 78.7. The summed E-state index contributed by atoms with van der Waals surface area (Å²) in [7, 11) is 0. The normalized spacial score (nSPS) is 13.0. The van der Waals surface area contributed by atoms with Gasteiger partial charge >= 0.3 is 0 Å². The third kappa shape index (κ3) is 9.34. The number of allylic oxidation sites excluding steroid dienone is 4. The molecule has 9 aromatic carbocycles. The van der Waals surface area contributed by atoms with Crippen LogP contribution < -0.4 is 5.73 Å². The number of thiophene rings is 1. The zero-order chi connectivity index (χ0) is 53.8. The number of aromatic nitrogens is 5. The third-order valence-corrected chi connectivity index (χ3v) is 15.5.